The van der Waals surface area contributed by atoms with Crippen molar-refractivity contribution in [1.29, 1.82) is 5.26 Å². The summed E-state index contributed by atoms with van der Waals surface area (Å²) in [5, 5.41) is 12.6. The van der Waals surface area contributed by atoms with E-state index >= 15 is 0 Å². The van der Waals surface area contributed by atoms with Gasteiger partial charge in [-0.05, 0) is 37.3 Å². The first-order valence-corrected chi connectivity index (χ1v) is 7.49. The first-order chi connectivity index (χ1) is 9.20. The number of rotatable bonds is 4. The summed E-state index contributed by atoms with van der Waals surface area (Å²) in [6.45, 7) is 3.18. The van der Waals surface area contributed by atoms with Crippen LogP contribution in [0.1, 0.15) is 56.7 Å². The highest BCUT2D eigenvalue weighted by Gasteiger charge is 2.18. The molecule has 0 saturated heterocycles. The minimum absolute atomic E-state index is 0.573. The second kappa shape index (κ2) is 6.77. The van der Waals surface area contributed by atoms with Crippen molar-refractivity contribution in [2.45, 2.75) is 58.0 Å². The molecule has 1 atom stereocenters. The summed E-state index contributed by atoms with van der Waals surface area (Å²) in [6.07, 6.45) is 10.4. The standard InChI is InChI=1S/C16H25N3/c1-13(15-7-5-3-4-6-8-15)18-11-14-9-16(10-17)19(2)12-14/h9,12-13,15,18H,3-8,11H2,1-2H3/t13-/m0/s1. The second-order valence-corrected chi connectivity index (χ2v) is 5.88. The van der Waals surface area contributed by atoms with Crippen LogP contribution in [-0.4, -0.2) is 10.6 Å². The molecule has 0 amide bonds. The van der Waals surface area contributed by atoms with Gasteiger partial charge in [-0.3, -0.25) is 0 Å². The van der Waals surface area contributed by atoms with Gasteiger partial charge in [0.25, 0.3) is 0 Å². The predicted molar refractivity (Wildman–Crippen MR) is 77.6 cm³/mol. The summed E-state index contributed by atoms with van der Waals surface area (Å²) in [5.41, 5.74) is 1.94. The molecule has 1 aromatic rings. The Morgan fingerprint density at radius 2 is 2.05 bits per heavy atom. The molecule has 1 heterocycles. The van der Waals surface area contributed by atoms with Crippen LogP contribution in [0, 0.1) is 17.2 Å². The fraction of sp³-hybridized carbons (Fsp3) is 0.688. The van der Waals surface area contributed by atoms with Crippen LogP contribution >= 0.6 is 0 Å². The van der Waals surface area contributed by atoms with Crippen LogP contribution in [0.15, 0.2) is 12.3 Å². The van der Waals surface area contributed by atoms with Crippen LogP contribution in [-0.2, 0) is 13.6 Å². The molecule has 1 aliphatic rings. The van der Waals surface area contributed by atoms with Crippen molar-refractivity contribution >= 4 is 0 Å². The fourth-order valence-corrected chi connectivity index (χ4v) is 3.10. The molecule has 0 radical (unpaired) electrons. The van der Waals surface area contributed by atoms with Crippen molar-refractivity contribution < 1.29 is 0 Å². The van der Waals surface area contributed by atoms with Gasteiger partial charge in [0, 0.05) is 25.8 Å². The number of hydrogen-bond donors (Lipinski definition) is 1. The van der Waals surface area contributed by atoms with Crippen LogP contribution < -0.4 is 5.32 Å². The maximum Gasteiger partial charge on any atom is 0.120 e. The minimum Gasteiger partial charge on any atom is -0.342 e. The number of nitrogens with one attached hydrogen (secondary N) is 1. The van der Waals surface area contributed by atoms with Crippen molar-refractivity contribution in [3.63, 3.8) is 0 Å². The van der Waals surface area contributed by atoms with Gasteiger partial charge in [-0.25, -0.2) is 0 Å². The topological polar surface area (TPSA) is 40.8 Å². The lowest BCUT2D eigenvalue weighted by atomic mass is 9.93. The van der Waals surface area contributed by atoms with E-state index in [1.807, 2.05) is 23.9 Å². The molecule has 3 nitrogen and oxygen atoms in total. The van der Waals surface area contributed by atoms with E-state index in [1.165, 1.54) is 44.1 Å². The van der Waals surface area contributed by atoms with Crippen molar-refractivity contribution in [3.05, 3.63) is 23.5 Å². The summed E-state index contributed by atoms with van der Waals surface area (Å²) in [7, 11) is 1.93. The normalized spacial score (nSPS) is 18.8. The third kappa shape index (κ3) is 3.84. The van der Waals surface area contributed by atoms with Crippen molar-refractivity contribution in [3.8, 4) is 6.07 Å². The Labute approximate surface area is 116 Å². The van der Waals surface area contributed by atoms with Gasteiger partial charge in [-0.2, -0.15) is 5.26 Å². The Kier molecular flexibility index (Phi) is 5.04. The molecular weight excluding hydrogens is 234 g/mol. The molecule has 1 aromatic heterocycles. The minimum atomic E-state index is 0.573. The van der Waals surface area contributed by atoms with Gasteiger partial charge < -0.3 is 9.88 Å². The molecule has 1 fully saturated rings. The average Bonchev–Trinajstić information content (AvgIpc) is 2.63. The highest BCUT2D eigenvalue weighted by Crippen LogP contribution is 2.25. The molecule has 1 N–H and O–H groups in total. The summed E-state index contributed by atoms with van der Waals surface area (Å²) in [5.74, 6) is 0.821. The Balaban J connectivity index is 1.85. The summed E-state index contributed by atoms with van der Waals surface area (Å²) < 4.78 is 1.90. The Morgan fingerprint density at radius 1 is 1.37 bits per heavy atom. The van der Waals surface area contributed by atoms with Crippen molar-refractivity contribution in [1.82, 2.24) is 9.88 Å². The lowest BCUT2D eigenvalue weighted by molar-refractivity contribution is 0.336. The van der Waals surface area contributed by atoms with Crippen LogP contribution in [0.3, 0.4) is 0 Å². The monoisotopic (exact) mass is 259 g/mol. The molecule has 0 unspecified atom stereocenters. The molecule has 0 bridgehead atoms. The zero-order valence-electron chi connectivity index (χ0n) is 12.2. The first kappa shape index (κ1) is 14.1. The SMILES string of the molecule is C[C@H](NCc1cc(C#N)n(C)c1)C1CCCCCC1. The van der Waals surface area contributed by atoms with Crippen LogP contribution in [0.5, 0.6) is 0 Å². The first-order valence-electron chi connectivity index (χ1n) is 7.49. The Hall–Kier alpha value is -1.27. The van der Waals surface area contributed by atoms with Gasteiger partial charge in [-0.15, -0.1) is 0 Å². The molecule has 0 aliphatic heterocycles. The van der Waals surface area contributed by atoms with Gasteiger partial charge >= 0.3 is 0 Å². The van der Waals surface area contributed by atoms with Crippen molar-refractivity contribution in [2.75, 3.05) is 0 Å². The summed E-state index contributed by atoms with van der Waals surface area (Å²) in [4.78, 5) is 0. The third-order valence-electron chi connectivity index (χ3n) is 4.41. The number of nitrogens with zero attached hydrogens (tertiary/aromatic N) is 2. The lowest BCUT2D eigenvalue weighted by Gasteiger charge is -2.23. The number of aromatic nitrogens is 1. The average molecular weight is 259 g/mol. The molecule has 104 valence electrons. The summed E-state index contributed by atoms with van der Waals surface area (Å²) in [6, 6.07) is 4.76. The van der Waals surface area contributed by atoms with Crippen LogP contribution in [0.25, 0.3) is 0 Å². The van der Waals surface area contributed by atoms with E-state index in [0.717, 1.165) is 18.2 Å². The van der Waals surface area contributed by atoms with E-state index < -0.39 is 0 Å². The smallest absolute Gasteiger partial charge is 0.120 e. The van der Waals surface area contributed by atoms with E-state index in [-0.39, 0.29) is 0 Å². The molecule has 1 saturated carbocycles. The Morgan fingerprint density at radius 3 is 2.63 bits per heavy atom. The maximum atomic E-state index is 8.95. The largest absolute Gasteiger partial charge is 0.342 e. The zero-order chi connectivity index (χ0) is 13.7. The van der Waals surface area contributed by atoms with Gasteiger partial charge in [0.15, 0.2) is 0 Å². The molecule has 2 rings (SSSR count). The highest BCUT2D eigenvalue weighted by molar-refractivity contribution is 5.28. The molecule has 19 heavy (non-hydrogen) atoms. The van der Waals surface area contributed by atoms with E-state index in [4.69, 9.17) is 5.26 Å². The van der Waals surface area contributed by atoms with Crippen LogP contribution in [0.2, 0.25) is 0 Å². The zero-order valence-corrected chi connectivity index (χ0v) is 12.2. The van der Waals surface area contributed by atoms with Gasteiger partial charge in [0.1, 0.15) is 11.8 Å². The fourth-order valence-electron chi connectivity index (χ4n) is 3.10. The second-order valence-electron chi connectivity index (χ2n) is 5.88. The molecule has 3 heteroatoms. The number of aryl methyl sites for hydroxylation is 1. The highest BCUT2D eigenvalue weighted by atomic mass is 14.9. The molecule has 1 aliphatic carbocycles. The molecule has 0 aromatic carbocycles. The van der Waals surface area contributed by atoms with Crippen molar-refractivity contribution in [2.24, 2.45) is 13.0 Å². The van der Waals surface area contributed by atoms with E-state index in [2.05, 4.69) is 18.3 Å². The van der Waals surface area contributed by atoms with Gasteiger partial charge in [-0.1, -0.05) is 25.7 Å². The maximum absolute atomic E-state index is 8.95. The summed E-state index contributed by atoms with van der Waals surface area (Å²) >= 11 is 0. The quantitative estimate of drug-likeness (QED) is 0.842. The van der Waals surface area contributed by atoms with E-state index in [1.54, 1.807) is 0 Å². The van der Waals surface area contributed by atoms with E-state index in [0.29, 0.717) is 6.04 Å². The molecule has 0 spiro atoms. The predicted octanol–water partition coefficient (Wildman–Crippen LogP) is 3.35. The van der Waals surface area contributed by atoms with Crippen LogP contribution in [0.4, 0.5) is 0 Å². The number of nitriles is 1. The number of hydrogen-bond acceptors (Lipinski definition) is 2. The van der Waals surface area contributed by atoms with Gasteiger partial charge in [0.05, 0.1) is 0 Å². The molecular formula is C16H25N3. The van der Waals surface area contributed by atoms with Gasteiger partial charge in [0.2, 0.25) is 0 Å². The lowest BCUT2D eigenvalue weighted by Crippen LogP contribution is -2.32. The van der Waals surface area contributed by atoms with E-state index in [9.17, 15) is 0 Å². The third-order valence-corrected chi connectivity index (χ3v) is 4.41. The Bertz CT molecular complexity index is 433.